The van der Waals surface area contributed by atoms with Crippen molar-refractivity contribution in [3.05, 3.63) is 60.3 Å². The third-order valence-electron chi connectivity index (χ3n) is 11.5. The van der Waals surface area contributed by atoms with E-state index in [0.717, 1.165) is 11.1 Å². The number of ketones is 1. The van der Waals surface area contributed by atoms with Crippen LogP contribution in [-0.2, 0) is 66.5 Å². The van der Waals surface area contributed by atoms with Crippen molar-refractivity contribution in [3.8, 4) is 34.4 Å². The zero-order valence-corrected chi connectivity index (χ0v) is 48.7. The number of nitrogens with one attached hydrogen (secondary N) is 3. The number of nitrogens with zero attached hydrogens (tertiary/aromatic N) is 4. The molecule has 458 valence electrons. The summed E-state index contributed by atoms with van der Waals surface area (Å²) < 4.78 is 78.3. The predicted molar refractivity (Wildman–Crippen MR) is 298 cm³/mol. The predicted octanol–water partition coefficient (Wildman–Crippen LogP) is 4.77. The number of benzene rings is 2. The van der Waals surface area contributed by atoms with Gasteiger partial charge in [0, 0.05) is 61.2 Å². The maximum absolute atomic E-state index is 13.2. The Hall–Kier alpha value is -6.00. The Labute approximate surface area is 481 Å². The van der Waals surface area contributed by atoms with Gasteiger partial charge in [0.2, 0.25) is 41.3 Å². The Bertz CT molecular complexity index is 2320. The largest absolute Gasteiger partial charge is 0.491 e. The molecule has 25 heteroatoms. The summed E-state index contributed by atoms with van der Waals surface area (Å²) in [5.41, 5.74) is 1.64. The molecular formula is C57H87N7O18. The van der Waals surface area contributed by atoms with Crippen LogP contribution in [0, 0.1) is 5.92 Å². The summed E-state index contributed by atoms with van der Waals surface area (Å²) in [7, 11) is 0. The molecule has 4 rings (SSSR count). The molecule has 0 radical (unpaired) electrons. The van der Waals surface area contributed by atoms with Gasteiger partial charge in [0.15, 0.2) is 0 Å². The van der Waals surface area contributed by atoms with Gasteiger partial charge < -0.3 is 81.6 Å². The molecule has 0 aliphatic carbocycles. The van der Waals surface area contributed by atoms with Gasteiger partial charge in [-0.15, -0.1) is 20.4 Å². The molecule has 2 aromatic carbocycles. The van der Waals surface area contributed by atoms with Crippen LogP contribution in [0.4, 0.5) is 0 Å². The van der Waals surface area contributed by atoms with Gasteiger partial charge in [0.05, 0.1) is 132 Å². The van der Waals surface area contributed by atoms with E-state index in [4.69, 9.17) is 65.7 Å². The number of carbonyl (C=O) groups excluding carboxylic acids is 4. The van der Waals surface area contributed by atoms with Crippen LogP contribution in [0.15, 0.2) is 57.4 Å². The van der Waals surface area contributed by atoms with Crippen molar-refractivity contribution in [1.82, 2.24) is 36.3 Å². The summed E-state index contributed by atoms with van der Waals surface area (Å²) in [6.45, 7) is 18.7. The molecule has 3 N–H and O–H groups in total. The van der Waals surface area contributed by atoms with Crippen LogP contribution < -0.4 is 25.4 Å². The van der Waals surface area contributed by atoms with Gasteiger partial charge in [-0.25, -0.2) is 0 Å². The van der Waals surface area contributed by atoms with Crippen LogP contribution in [0.2, 0.25) is 0 Å². The van der Waals surface area contributed by atoms with Crippen LogP contribution in [0.3, 0.4) is 0 Å². The Morgan fingerprint density at radius 2 is 0.768 bits per heavy atom. The maximum atomic E-state index is 13.2. The summed E-state index contributed by atoms with van der Waals surface area (Å²) in [5.74, 6) is 2.64. The lowest BCUT2D eigenvalue weighted by Gasteiger charge is -2.19. The summed E-state index contributed by atoms with van der Waals surface area (Å²) in [6.07, 6.45) is 0.340. The first-order chi connectivity index (χ1) is 39.9. The minimum absolute atomic E-state index is 0.0275. The van der Waals surface area contributed by atoms with Crippen molar-refractivity contribution in [2.45, 2.75) is 78.7 Å². The molecule has 0 saturated heterocycles. The highest BCUT2D eigenvalue weighted by Crippen LogP contribution is 2.25. The third-order valence-corrected chi connectivity index (χ3v) is 11.5. The van der Waals surface area contributed by atoms with E-state index in [0.29, 0.717) is 147 Å². The first kappa shape index (κ1) is 68.5. The summed E-state index contributed by atoms with van der Waals surface area (Å²) >= 11 is 0. The molecule has 0 bridgehead atoms. The minimum atomic E-state index is -1.07. The molecule has 0 spiro atoms. The molecule has 3 amide bonds. The van der Waals surface area contributed by atoms with Crippen molar-refractivity contribution in [2.75, 3.05) is 158 Å². The van der Waals surface area contributed by atoms with Gasteiger partial charge in [-0.3, -0.25) is 19.2 Å². The molecular weight excluding hydrogens is 1070 g/mol. The number of carbonyl (C=O) groups is 4. The SMILES string of the molecule is CC(C)C(=O)CCOCCOCCNC(=O)[C@H](CNC(=O)CCOCCOCCOCCOCCOc1ccc(-c2nnc(C(C)C)o2)cc1)NC(=O)CCOCCOCCOCCOCCOc1ccc(-c2nnc(C(C)C)o2)cc1. The molecule has 0 fully saturated rings. The average molecular weight is 1160 g/mol. The van der Waals surface area contributed by atoms with Crippen LogP contribution in [-0.4, -0.2) is 208 Å². The van der Waals surface area contributed by atoms with E-state index in [2.05, 4.69) is 36.3 Å². The lowest BCUT2D eigenvalue weighted by atomic mass is 10.1. The molecule has 2 aromatic heterocycles. The highest BCUT2D eigenvalue weighted by molar-refractivity contribution is 5.88. The Morgan fingerprint density at radius 3 is 1.15 bits per heavy atom. The van der Waals surface area contributed by atoms with E-state index in [9.17, 15) is 19.2 Å². The van der Waals surface area contributed by atoms with Gasteiger partial charge in [-0.1, -0.05) is 41.5 Å². The van der Waals surface area contributed by atoms with Crippen LogP contribution in [0.25, 0.3) is 22.9 Å². The topological polar surface area (TPSA) is 293 Å². The van der Waals surface area contributed by atoms with Crippen molar-refractivity contribution in [3.63, 3.8) is 0 Å². The van der Waals surface area contributed by atoms with Gasteiger partial charge >= 0.3 is 0 Å². The summed E-state index contributed by atoms with van der Waals surface area (Å²) in [6, 6.07) is 13.8. The second kappa shape index (κ2) is 42.8. The molecule has 0 saturated carbocycles. The van der Waals surface area contributed by atoms with Crippen LogP contribution >= 0.6 is 0 Å². The fraction of sp³-hybridized carbons (Fsp3) is 0.649. The fourth-order valence-corrected chi connectivity index (χ4v) is 6.78. The monoisotopic (exact) mass is 1160 g/mol. The third kappa shape index (κ3) is 30.9. The minimum Gasteiger partial charge on any atom is -0.491 e. The second-order valence-corrected chi connectivity index (χ2v) is 19.2. The second-order valence-electron chi connectivity index (χ2n) is 19.2. The average Bonchev–Trinajstić information content (AvgIpc) is 4.35. The molecule has 2 heterocycles. The zero-order valence-electron chi connectivity index (χ0n) is 48.7. The van der Waals surface area contributed by atoms with Crippen molar-refractivity contribution in [1.29, 1.82) is 0 Å². The number of ether oxygens (including phenoxy) is 12. The fourth-order valence-electron chi connectivity index (χ4n) is 6.78. The van der Waals surface area contributed by atoms with Crippen LogP contribution in [0.1, 0.15) is 84.4 Å². The molecule has 82 heavy (non-hydrogen) atoms. The van der Waals surface area contributed by atoms with Crippen molar-refractivity contribution >= 4 is 23.5 Å². The molecule has 4 aromatic rings. The molecule has 1 atom stereocenters. The lowest BCUT2D eigenvalue weighted by molar-refractivity contribution is -0.130. The lowest BCUT2D eigenvalue weighted by Crippen LogP contribution is -2.53. The summed E-state index contributed by atoms with van der Waals surface area (Å²) in [5, 5.41) is 24.4. The van der Waals surface area contributed by atoms with E-state index in [1.54, 1.807) is 0 Å². The molecule has 0 aliphatic heterocycles. The van der Waals surface area contributed by atoms with Crippen molar-refractivity contribution in [2.24, 2.45) is 5.92 Å². The first-order valence-corrected chi connectivity index (χ1v) is 28.2. The number of aromatic nitrogens is 4. The Morgan fingerprint density at radius 1 is 0.415 bits per heavy atom. The molecule has 25 nitrogen and oxygen atoms in total. The van der Waals surface area contributed by atoms with E-state index >= 15 is 0 Å². The van der Waals surface area contributed by atoms with E-state index < -0.39 is 17.9 Å². The molecule has 0 unspecified atom stereocenters. The van der Waals surface area contributed by atoms with Gasteiger partial charge in [0.1, 0.15) is 36.5 Å². The molecule has 0 aliphatic rings. The highest BCUT2D eigenvalue weighted by atomic mass is 16.6. The van der Waals surface area contributed by atoms with Crippen LogP contribution in [0.5, 0.6) is 11.5 Å². The van der Waals surface area contributed by atoms with E-state index in [1.165, 1.54) is 0 Å². The van der Waals surface area contributed by atoms with Gasteiger partial charge in [0.25, 0.3) is 0 Å². The summed E-state index contributed by atoms with van der Waals surface area (Å²) in [4.78, 5) is 50.5. The van der Waals surface area contributed by atoms with Gasteiger partial charge in [-0.2, -0.15) is 0 Å². The number of hydrogen-bond acceptors (Lipinski definition) is 22. The zero-order chi connectivity index (χ0) is 58.8. The quantitative estimate of drug-likeness (QED) is 0.0502. The standard InChI is InChI=1S/C57H87N7O18/c1-42(2)50(65)15-19-69-23-26-72-22-18-58-53(68)49(60-52(67)17-21-71-25-28-74-30-32-76-34-36-78-38-40-80-48-13-9-46(10-14-48)57-64-62-55(82-57)44(5)6)41-59-51(66)16-20-70-24-27-73-29-31-75-33-35-77-37-39-79-47-11-7-45(8-12-47)56-63-61-54(81-56)43(3)4/h7-14,42-44,49H,15-41H2,1-6H3,(H,58,68)(H,59,66)(H,60,67)/t49-/m0/s1. The Kier molecular flexibility index (Phi) is 35.7. The smallest absolute Gasteiger partial charge is 0.247 e. The number of rotatable bonds is 50. The van der Waals surface area contributed by atoms with E-state index in [-0.39, 0.29) is 95.0 Å². The number of hydrogen-bond donors (Lipinski definition) is 3. The highest BCUT2D eigenvalue weighted by Gasteiger charge is 2.22. The first-order valence-electron chi connectivity index (χ1n) is 28.2. The Balaban J connectivity index is 0.975. The maximum Gasteiger partial charge on any atom is 0.247 e. The van der Waals surface area contributed by atoms with Crippen molar-refractivity contribution < 1.29 is 84.9 Å². The van der Waals surface area contributed by atoms with Gasteiger partial charge in [-0.05, 0) is 48.5 Å². The number of amides is 3. The van der Waals surface area contributed by atoms with E-state index in [1.807, 2.05) is 90.1 Å². The normalized spacial score (nSPS) is 11.9. The number of Topliss-reactive ketones (excluding diaryl/α,β-unsaturated/α-hetero) is 1.